The van der Waals surface area contributed by atoms with Gasteiger partial charge < -0.3 is 5.32 Å². The van der Waals surface area contributed by atoms with Crippen LogP contribution in [-0.4, -0.2) is 44.4 Å². The van der Waals surface area contributed by atoms with Gasteiger partial charge in [0.2, 0.25) is 0 Å². The summed E-state index contributed by atoms with van der Waals surface area (Å²) >= 11 is 0. The second kappa shape index (κ2) is 9.08. The van der Waals surface area contributed by atoms with Gasteiger partial charge in [-0.2, -0.15) is 17.4 Å². The van der Waals surface area contributed by atoms with E-state index in [9.17, 15) is 8.42 Å². The van der Waals surface area contributed by atoms with Crippen molar-refractivity contribution < 1.29 is 8.42 Å². The normalized spacial score (nSPS) is 23.9. The second-order valence-electron chi connectivity index (χ2n) is 6.26. The molecule has 126 valence electrons. The molecule has 1 aliphatic heterocycles. The zero-order valence-corrected chi connectivity index (χ0v) is 14.9. The van der Waals surface area contributed by atoms with Gasteiger partial charge in [-0.3, -0.25) is 0 Å². The Labute approximate surface area is 131 Å². The molecule has 0 aromatic carbocycles. The first-order chi connectivity index (χ1) is 9.92. The SMILES string of the molecule is CCCNCC1CCCCN1S(=O)(=O)NC(C)C(C)CC. The van der Waals surface area contributed by atoms with E-state index in [4.69, 9.17) is 0 Å². The van der Waals surface area contributed by atoms with Crippen LogP contribution in [0.15, 0.2) is 0 Å². The van der Waals surface area contributed by atoms with Crippen molar-refractivity contribution >= 4 is 10.2 Å². The minimum absolute atomic E-state index is 0.0221. The van der Waals surface area contributed by atoms with Crippen LogP contribution in [0.25, 0.3) is 0 Å². The van der Waals surface area contributed by atoms with Gasteiger partial charge in [0.1, 0.15) is 0 Å². The van der Waals surface area contributed by atoms with Crippen LogP contribution in [0.2, 0.25) is 0 Å². The van der Waals surface area contributed by atoms with Crippen molar-refractivity contribution in [3.05, 3.63) is 0 Å². The number of nitrogens with one attached hydrogen (secondary N) is 2. The molecule has 1 aliphatic rings. The van der Waals surface area contributed by atoms with Gasteiger partial charge in [0.15, 0.2) is 0 Å². The molecule has 1 saturated heterocycles. The first-order valence-electron chi connectivity index (χ1n) is 8.42. The number of nitrogens with zero attached hydrogens (tertiary/aromatic N) is 1. The lowest BCUT2D eigenvalue weighted by molar-refractivity contribution is 0.240. The third-order valence-electron chi connectivity index (χ3n) is 4.52. The molecular formula is C15H33N3O2S. The maximum atomic E-state index is 12.6. The average Bonchev–Trinajstić information content (AvgIpc) is 2.46. The first kappa shape index (κ1) is 18.9. The molecule has 1 rings (SSSR count). The third-order valence-corrected chi connectivity index (χ3v) is 6.29. The molecule has 3 atom stereocenters. The molecule has 0 aromatic heterocycles. The maximum Gasteiger partial charge on any atom is 0.279 e. The Morgan fingerprint density at radius 3 is 2.57 bits per heavy atom. The smallest absolute Gasteiger partial charge is 0.279 e. The van der Waals surface area contributed by atoms with Crippen molar-refractivity contribution in [2.75, 3.05) is 19.6 Å². The van der Waals surface area contributed by atoms with Gasteiger partial charge >= 0.3 is 0 Å². The Bertz CT molecular complexity index is 386. The predicted molar refractivity (Wildman–Crippen MR) is 88.5 cm³/mol. The zero-order valence-electron chi connectivity index (χ0n) is 14.1. The van der Waals surface area contributed by atoms with Crippen molar-refractivity contribution in [3.63, 3.8) is 0 Å². The summed E-state index contributed by atoms with van der Waals surface area (Å²) in [6, 6.07) is 0.0677. The number of hydrogen-bond donors (Lipinski definition) is 2. The van der Waals surface area contributed by atoms with E-state index >= 15 is 0 Å². The van der Waals surface area contributed by atoms with E-state index in [1.165, 1.54) is 0 Å². The minimum Gasteiger partial charge on any atom is -0.315 e. The largest absolute Gasteiger partial charge is 0.315 e. The predicted octanol–water partition coefficient (Wildman–Crippen LogP) is 2.11. The van der Waals surface area contributed by atoms with Crippen LogP contribution >= 0.6 is 0 Å². The van der Waals surface area contributed by atoms with E-state index in [0.717, 1.165) is 45.2 Å². The van der Waals surface area contributed by atoms with Crippen LogP contribution in [0.1, 0.15) is 59.8 Å². The summed E-state index contributed by atoms with van der Waals surface area (Å²) in [5.74, 6) is 0.348. The Hall–Kier alpha value is -0.170. The van der Waals surface area contributed by atoms with E-state index < -0.39 is 10.2 Å². The Kier molecular flexibility index (Phi) is 8.16. The summed E-state index contributed by atoms with van der Waals surface area (Å²) in [6.07, 6.45) is 5.08. The van der Waals surface area contributed by atoms with E-state index in [-0.39, 0.29) is 12.1 Å². The fourth-order valence-electron chi connectivity index (χ4n) is 2.71. The summed E-state index contributed by atoms with van der Waals surface area (Å²) in [7, 11) is -3.38. The molecule has 6 heteroatoms. The molecular weight excluding hydrogens is 286 g/mol. The summed E-state index contributed by atoms with van der Waals surface area (Å²) in [4.78, 5) is 0. The van der Waals surface area contributed by atoms with Crippen LogP contribution in [0.3, 0.4) is 0 Å². The molecule has 0 bridgehead atoms. The average molecular weight is 320 g/mol. The lowest BCUT2D eigenvalue weighted by Crippen LogP contribution is -2.54. The number of piperidine rings is 1. The van der Waals surface area contributed by atoms with Gasteiger partial charge in [-0.25, -0.2) is 0 Å². The van der Waals surface area contributed by atoms with Crippen LogP contribution < -0.4 is 10.0 Å². The number of hydrogen-bond acceptors (Lipinski definition) is 3. The van der Waals surface area contributed by atoms with Gasteiger partial charge in [0.05, 0.1) is 0 Å². The topological polar surface area (TPSA) is 61.4 Å². The molecule has 0 spiro atoms. The van der Waals surface area contributed by atoms with Gasteiger partial charge in [-0.05, 0) is 38.6 Å². The molecule has 2 N–H and O–H groups in total. The molecule has 0 saturated carbocycles. The van der Waals surface area contributed by atoms with Crippen molar-refractivity contribution in [2.24, 2.45) is 5.92 Å². The van der Waals surface area contributed by atoms with Crippen molar-refractivity contribution in [2.45, 2.75) is 71.9 Å². The third kappa shape index (κ3) is 5.85. The monoisotopic (exact) mass is 319 g/mol. The van der Waals surface area contributed by atoms with Gasteiger partial charge in [-0.15, -0.1) is 0 Å². The summed E-state index contributed by atoms with van der Waals surface area (Å²) in [5, 5.41) is 3.36. The van der Waals surface area contributed by atoms with Crippen molar-refractivity contribution in [1.82, 2.24) is 14.3 Å². The molecule has 21 heavy (non-hydrogen) atoms. The van der Waals surface area contributed by atoms with Crippen LogP contribution in [0.4, 0.5) is 0 Å². The molecule has 0 amide bonds. The highest BCUT2D eigenvalue weighted by molar-refractivity contribution is 7.87. The maximum absolute atomic E-state index is 12.6. The lowest BCUT2D eigenvalue weighted by Gasteiger charge is -2.36. The highest BCUT2D eigenvalue weighted by Gasteiger charge is 2.33. The standard InChI is InChI=1S/C15H33N3O2S/c1-5-10-16-12-15-9-7-8-11-18(15)21(19,20)17-14(4)13(3)6-2/h13-17H,5-12H2,1-4H3. The van der Waals surface area contributed by atoms with E-state index in [0.29, 0.717) is 12.5 Å². The quantitative estimate of drug-likeness (QED) is 0.640. The molecule has 1 fully saturated rings. The Morgan fingerprint density at radius 1 is 1.24 bits per heavy atom. The highest BCUT2D eigenvalue weighted by Crippen LogP contribution is 2.20. The molecule has 3 unspecified atom stereocenters. The van der Waals surface area contributed by atoms with Gasteiger partial charge in [0, 0.05) is 25.2 Å². The van der Waals surface area contributed by atoms with Crippen molar-refractivity contribution in [1.29, 1.82) is 0 Å². The van der Waals surface area contributed by atoms with Crippen LogP contribution in [-0.2, 0) is 10.2 Å². The molecule has 0 aliphatic carbocycles. The summed E-state index contributed by atoms with van der Waals surface area (Å²) in [6.45, 7) is 10.6. The highest BCUT2D eigenvalue weighted by atomic mass is 32.2. The van der Waals surface area contributed by atoms with E-state index in [1.54, 1.807) is 4.31 Å². The number of rotatable bonds is 9. The molecule has 5 nitrogen and oxygen atoms in total. The summed E-state index contributed by atoms with van der Waals surface area (Å²) in [5.41, 5.74) is 0. The van der Waals surface area contributed by atoms with Gasteiger partial charge in [0.25, 0.3) is 10.2 Å². The van der Waals surface area contributed by atoms with Crippen LogP contribution in [0.5, 0.6) is 0 Å². The summed E-state index contributed by atoms with van der Waals surface area (Å²) < 4.78 is 29.8. The Morgan fingerprint density at radius 2 is 1.95 bits per heavy atom. The molecule has 0 radical (unpaired) electrons. The fourth-order valence-corrected chi connectivity index (χ4v) is 4.49. The van der Waals surface area contributed by atoms with Crippen LogP contribution in [0, 0.1) is 5.92 Å². The Balaban J connectivity index is 2.68. The fraction of sp³-hybridized carbons (Fsp3) is 1.00. The molecule has 1 heterocycles. The lowest BCUT2D eigenvalue weighted by atomic mass is 10.0. The zero-order chi connectivity index (χ0) is 15.9. The van der Waals surface area contributed by atoms with E-state index in [1.807, 2.05) is 6.92 Å². The van der Waals surface area contributed by atoms with Gasteiger partial charge in [-0.1, -0.05) is 33.6 Å². The van der Waals surface area contributed by atoms with Crippen molar-refractivity contribution in [3.8, 4) is 0 Å². The second-order valence-corrected chi connectivity index (χ2v) is 7.92. The van der Waals surface area contributed by atoms with E-state index in [2.05, 4.69) is 30.8 Å². The molecule has 0 aromatic rings. The minimum atomic E-state index is -3.38. The first-order valence-corrected chi connectivity index (χ1v) is 9.86.